The molecule has 0 radical (unpaired) electrons. The molecule has 2 rings (SSSR count). The third kappa shape index (κ3) is 4.78. The topological polar surface area (TPSA) is 43.4 Å². The fourth-order valence-corrected chi connectivity index (χ4v) is 2.30. The zero-order chi connectivity index (χ0) is 16.7. The highest BCUT2D eigenvalue weighted by Crippen LogP contribution is 2.21. The van der Waals surface area contributed by atoms with Crippen molar-refractivity contribution >= 4 is 11.8 Å². The number of rotatable bonds is 7. The molecule has 3 nitrogen and oxygen atoms in total. The molecule has 0 atom stereocenters. The maximum atomic E-state index is 11.9. The summed E-state index contributed by atoms with van der Waals surface area (Å²) in [6.07, 6.45) is 3.08. The van der Waals surface area contributed by atoms with Crippen LogP contribution in [0.1, 0.15) is 53.8 Å². The van der Waals surface area contributed by atoms with Crippen molar-refractivity contribution < 1.29 is 14.3 Å². The van der Waals surface area contributed by atoms with E-state index in [1.54, 1.807) is 19.1 Å². The first-order valence-electron chi connectivity index (χ1n) is 8.00. The molecule has 0 amide bonds. The molecule has 0 aliphatic carbocycles. The first kappa shape index (κ1) is 16.9. The molecular weight excluding hydrogens is 288 g/mol. The third-order valence-electron chi connectivity index (χ3n) is 3.73. The van der Waals surface area contributed by atoms with Crippen LogP contribution in [0.3, 0.4) is 0 Å². The minimum atomic E-state index is -0.278. The summed E-state index contributed by atoms with van der Waals surface area (Å²) in [5.41, 5.74) is 3.27. The van der Waals surface area contributed by atoms with E-state index in [1.165, 1.54) is 0 Å². The van der Waals surface area contributed by atoms with Gasteiger partial charge >= 0.3 is 5.97 Å². The summed E-state index contributed by atoms with van der Waals surface area (Å²) >= 11 is 0. The van der Waals surface area contributed by atoms with Gasteiger partial charge in [-0.05, 0) is 36.6 Å². The van der Waals surface area contributed by atoms with E-state index in [0.29, 0.717) is 17.7 Å². The minimum Gasteiger partial charge on any atom is -0.462 e. The van der Waals surface area contributed by atoms with E-state index in [2.05, 4.69) is 6.92 Å². The van der Waals surface area contributed by atoms with Crippen LogP contribution in [-0.2, 0) is 4.74 Å². The summed E-state index contributed by atoms with van der Waals surface area (Å²) in [5, 5.41) is 0. The molecule has 0 heterocycles. The summed E-state index contributed by atoms with van der Waals surface area (Å²) in [6.45, 7) is 4.14. The largest absolute Gasteiger partial charge is 0.462 e. The van der Waals surface area contributed by atoms with E-state index >= 15 is 0 Å². The van der Waals surface area contributed by atoms with E-state index in [-0.39, 0.29) is 11.8 Å². The fraction of sp³-hybridized carbons (Fsp3) is 0.300. The van der Waals surface area contributed by atoms with Crippen molar-refractivity contribution in [3.05, 3.63) is 59.7 Å². The average Bonchev–Trinajstić information content (AvgIpc) is 2.59. The second kappa shape index (κ2) is 8.28. The maximum absolute atomic E-state index is 11.9. The van der Waals surface area contributed by atoms with Crippen molar-refractivity contribution in [2.45, 2.75) is 33.1 Å². The van der Waals surface area contributed by atoms with Crippen LogP contribution in [0.15, 0.2) is 48.5 Å². The Morgan fingerprint density at radius 1 is 0.826 bits per heavy atom. The molecule has 0 spiro atoms. The first-order chi connectivity index (χ1) is 11.1. The van der Waals surface area contributed by atoms with E-state index < -0.39 is 0 Å². The molecule has 0 N–H and O–H groups in total. The Labute approximate surface area is 137 Å². The Morgan fingerprint density at radius 3 is 1.83 bits per heavy atom. The van der Waals surface area contributed by atoms with Gasteiger partial charge in [0.15, 0.2) is 5.78 Å². The number of benzene rings is 2. The standard InChI is InChI=1S/C20H22O3/c1-3-4-5-14-23-20(22)19-12-10-18(11-13-19)17-8-6-16(7-9-17)15(2)21/h6-13H,3-5,14H2,1-2H3. The smallest absolute Gasteiger partial charge is 0.338 e. The average molecular weight is 310 g/mol. The lowest BCUT2D eigenvalue weighted by Crippen LogP contribution is -2.06. The molecule has 0 aliphatic rings. The molecular formula is C20H22O3. The molecule has 0 unspecified atom stereocenters. The first-order valence-corrected chi connectivity index (χ1v) is 8.00. The van der Waals surface area contributed by atoms with Crippen LogP contribution in [-0.4, -0.2) is 18.4 Å². The Bertz CT molecular complexity index is 654. The molecule has 2 aromatic rings. The van der Waals surface area contributed by atoms with Crippen molar-refractivity contribution in [1.82, 2.24) is 0 Å². The highest BCUT2D eigenvalue weighted by atomic mass is 16.5. The van der Waals surface area contributed by atoms with Gasteiger partial charge < -0.3 is 4.74 Å². The predicted molar refractivity (Wildman–Crippen MR) is 91.7 cm³/mol. The summed E-state index contributed by atoms with van der Waals surface area (Å²) < 4.78 is 5.24. The van der Waals surface area contributed by atoms with Crippen LogP contribution in [0.5, 0.6) is 0 Å². The summed E-state index contributed by atoms with van der Waals surface area (Å²) in [7, 11) is 0. The zero-order valence-corrected chi connectivity index (χ0v) is 13.7. The second-order valence-electron chi connectivity index (χ2n) is 5.55. The molecule has 0 fully saturated rings. The molecule has 3 heteroatoms. The summed E-state index contributed by atoms with van der Waals surface area (Å²) in [4.78, 5) is 23.2. The lowest BCUT2D eigenvalue weighted by atomic mass is 10.0. The fourth-order valence-electron chi connectivity index (χ4n) is 2.30. The van der Waals surface area contributed by atoms with Crippen LogP contribution in [0.4, 0.5) is 0 Å². The van der Waals surface area contributed by atoms with Crippen LogP contribution in [0.25, 0.3) is 11.1 Å². The van der Waals surface area contributed by atoms with Crippen molar-refractivity contribution in [3.63, 3.8) is 0 Å². The molecule has 0 aliphatic heterocycles. The molecule has 0 saturated heterocycles. The highest BCUT2D eigenvalue weighted by Gasteiger charge is 2.07. The number of carbonyl (C=O) groups is 2. The number of unbranched alkanes of at least 4 members (excludes halogenated alkanes) is 2. The maximum Gasteiger partial charge on any atom is 0.338 e. The van der Waals surface area contributed by atoms with Crippen LogP contribution < -0.4 is 0 Å². The number of hydrogen-bond acceptors (Lipinski definition) is 3. The van der Waals surface area contributed by atoms with Crippen molar-refractivity contribution in [2.75, 3.05) is 6.61 Å². The molecule has 0 aromatic heterocycles. The number of ketones is 1. The van der Waals surface area contributed by atoms with Gasteiger partial charge in [-0.15, -0.1) is 0 Å². The Balaban J connectivity index is 2.01. The van der Waals surface area contributed by atoms with Crippen molar-refractivity contribution in [1.29, 1.82) is 0 Å². The second-order valence-corrected chi connectivity index (χ2v) is 5.55. The number of Topliss-reactive ketones (excluding diaryl/α,β-unsaturated/α-hetero) is 1. The van der Waals surface area contributed by atoms with E-state index in [0.717, 1.165) is 30.4 Å². The molecule has 120 valence electrons. The van der Waals surface area contributed by atoms with Crippen LogP contribution in [0, 0.1) is 0 Å². The number of carbonyl (C=O) groups excluding carboxylic acids is 2. The number of esters is 1. The van der Waals surface area contributed by atoms with Crippen LogP contribution >= 0.6 is 0 Å². The molecule has 0 saturated carbocycles. The van der Waals surface area contributed by atoms with Gasteiger partial charge in [-0.1, -0.05) is 56.2 Å². The number of ether oxygens (including phenoxy) is 1. The molecule has 0 bridgehead atoms. The summed E-state index contributed by atoms with van der Waals surface area (Å²) in [5.74, 6) is -0.225. The van der Waals surface area contributed by atoms with E-state index in [9.17, 15) is 9.59 Å². The van der Waals surface area contributed by atoms with Gasteiger partial charge in [-0.2, -0.15) is 0 Å². The lowest BCUT2D eigenvalue weighted by Gasteiger charge is -2.06. The highest BCUT2D eigenvalue weighted by molar-refractivity contribution is 5.94. The summed E-state index contributed by atoms with van der Waals surface area (Å²) in [6, 6.07) is 14.8. The zero-order valence-electron chi connectivity index (χ0n) is 13.7. The Kier molecular flexibility index (Phi) is 6.10. The lowest BCUT2D eigenvalue weighted by molar-refractivity contribution is 0.0498. The van der Waals surface area contributed by atoms with Gasteiger partial charge in [0.25, 0.3) is 0 Å². The third-order valence-corrected chi connectivity index (χ3v) is 3.73. The van der Waals surface area contributed by atoms with Gasteiger partial charge in [0, 0.05) is 5.56 Å². The van der Waals surface area contributed by atoms with Gasteiger partial charge in [0.05, 0.1) is 12.2 Å². The van der Waals surface area contributed by atoms with E-state index in [1.807, 2.05) is 36.4 Å². The van der Waals surface area contributed by atoms with Gasteiger partial charge in [0.1, 0.15) is 0 Å². The van der Waals surface area contributed by atoms with Crippen molar-refractivity contribution in [3.8, 4) is 11.1 Å². The molecule has 2 aromatic carbocycles. The molecule has 23 heavy (non-hydrogen) atoms. The van der Waals surface area contributed by atoms with E-state index in [4.69, 9.17) is 4.74 Å². The van der Waals surface area contributed by atoms with Crippen molar-refractivity contribution in [2.24, 2.45) is 0 Å². The van der Waals surface area contributed by atoms with Gasteiger partial charge in [-0.25, -0.2) is 4.79 Å². The Hall–Kier alpha value is -2.42. The SMILES string of the molecule is CCCCCOC(=O)c1ccc(-c2ccc(C(C)=O)cc2)cc1. The quantitative estimate of drug-likeness (QED) is 0.415. The predicted octanol–water partition coefficient (Wildman–Crippen LogP) is 4.90. The minimum absolute atomic E-state index is 0.0534. The van der Waals surface area contributed by atoms with Gasteiger partial charge in [-0.3, -0.25) is 4.79 Å². The Morgan fingerprint density at radius 2 is 1.35 bits per heavy atom. The van der Waals surface area contributed by atoms with Gasteiger partial charge in [0.2, 0.25) is 0 Å². The monoisotopic (exact) mass is 310 g/mol. The number of hydrogen-bond donors (Lipinski definition) is 0. The normalized spacial score (nSPS) is 10.3. The van der Waals surface area contributed by atoms with Crippen LogP contribution in [0.2, 0.25) is 0 Å².